The minimum Gasteiger partial charge on any atom is -0.330 e. The summed E-state index contributed by atoms with van der Waals surface area (Å²) in [7, 11) is 1.66. The number of amidine groups is 1. The van der Waals surface area contributed by atoms with Crippen molar-refractivity contribution in [1.82, 2.24) is 5.06 Å². The summed E-state index contributed by atoms with van der Waals surface area (Å²) in [4.78, 5) is 8.60. The molecule has 0 aromatic heterocycles. The molecule has 2 aromatic rings. The van der Waals surface area contributed by atoms with E-state index in [9.17, 15) is 5.21 Å². The van der Waals surface area contributed by atoms with Gasteiger partial charge in [0.25, 0.3) is 0 Å². The summed E-state index contributed by atoms with van der Waals surface area (Å²) < 4.78 is 0. The first-order valence-corrected chi connectivity index (χ1v) is 8.54. The molecule has 5 nitrogen and oxygen atoms in total. The normalized spacial score (nSPS) is 15.0. The molecule has 3 N–H and O–H groups in total. The van der Waals surface area contributed by atoms with Gasteiger partial charge in [0.05, 0.1) is 11.1 Å². The third kappa shape index (κ3) is 4.89. The Morgan fingerprint density at radius 3 is 2.52 bits per heavy atom. The van der Waals surface area contributed by atoms with Crippen LogP contribution in [-0.2, 0) is 0 Å². The molecule has 0 radical (unpaired) electrons. The van der Waals surface area contributed by atoms with Crippen LogP contribution in [0.15, 0.2) is 58.5 Å². The fourth-order valence-electron chi connectivity index (χ4n) is 2.34. The number of hydroxylamine groups is 2. The van der Waals surface area contributed by atoms with E-state index in [0.717, 1.165) is 29.1 Å². The van der Waals surface area contributed by atoms with Gasteiger partial charge < -0.3 is 5.73 Å². The monoisotopic (exact) mass is 358 g/mol. The Labute approximate surface area is 152 Å². The van der Waals surface area contributed by atoms with E-state index in [1.54, 1.807) is 13.1 Å². The summed E-state index contributed by atoms with van der Waals surface area (Å²) in [5.74, 6) is 0.562. The summed E-state index contributed by atoms with van der Waals surface area (Å²) >= 11 is 6.12. The Morgan fingerprint density at radius 2 is 1.92 bits per heavy atom. The summed E-state index contributed by atoms with van der Waals surface area (Å²) in [6.45, 7) is 3.10. The highest BCUT2D eigenvalue weighted by Gasteiger charge is 2.17. The predicted molar refractivity (Wildman–Crippen MR) is 102 cm³/mol. The second-order valence-corrected chi connectivity index (χ2v) is 5.91. The fraction of sp³-hybridized carbons (Fsp3) is 0.263. The summed E-state index contributed by atoms with van der Waals surface area (Å²) in [6, 6.07) is 15.1. The summed E-state index contributed by atoms with van der Waals surface area (Å²) in [5.41, 5.74) is 6.60. The summed E-state index contributed by atoms with van der Waals surface area (Å²) in [6.07, 6.45) is 1.10. The standard InChI is InChI=1S/C16H14ClN3O.C3H9N/c1-18-15-10-20(21)16(11-5-3-2-4-6-11)13-9-12(17)7-8-14(13)19-15;1-2-3-4/h2-9,21H,10H2,1H3;2-4H2,1H3/b18-15-;. The number of aliphatic imine (C=N–C) groups is 1. The van der Waals surface area contributed by atoms with Gasteiger partial charge in [-0.1, -0.05) is 48.9 Å². The van der Waals surface area contributed by atoms with Gasteiger partial charge in [-0.2, -0.15) is 0 Å². The molecule has 6 heteroatoms. The average Bonchev–Trinajstić information content (AvgIpc) is 2.77. The molecule has 0 atom stereocenters. The van der Waals surface area contributed by atoms with Crippen molar-refractivity contribution in [2.45, 2.75) is 13.3 Å². The molecule has 1 aliphatic rings. The molecule has 0 aliphatic carbocycles. The van der Waals surface area contributed by atoms with E-state index in [1.807, 2.05) is 42.5 Å². The van der Waals surface area contributed by atoms with Crippen LogP contribution in [0.1, 0.15) is 18.9 Å². The fourth-order valence-corrected chi connectivity index (χ4v) is 2.52. The lowest BCUT2D eigenvalue weighted by atomic mass is 10.1. The van der Waals surface area contributed by atoms with Gasteiger partial charge in [0, 0.05) is 22.9 Å². The van der Waals surface area contributed by atoms with Crippen LogP contribution >= 0.6 is 11.6 Å². The predicted octanol–water partition coefficient (Wildman–Crippen LogP) is 2.20. The third-order valence-corrected chi connectivity index (χ3v) is 3.84. The Balaban J connectivity index is 0.000000511. The molecule has 0 spiro atoms. The second-order valence-electron chi connectivity index (χ2n) is 5.47. The average molecular weight is 359 g/mol. The van der Waals surface area contributed by atoms with Crippen molar-refractivity contribution in [3.05, 3.63) is 69.7 Å². The van der Waals surface area contributed by atoms with E-state index in [0.29, 0.717) is 16.6 Å². The Bertz CT molecular complexity index is 847. The molecule has 0 unspecified atom stereocenters. The molecule has 3 rings (SSSR count). The number of hydrogen-bond acceptors (Lipinski definition) is 4. The van der Waals surface area contributed by atoms with E-state index in [4.69, 9.17) is 17.3 Å². The zero-order chi connectivity index (χ0) is 18.2. The Morgan fingerprint density at radius 1 is 1.24 bits per heavy atom. The lowest BCUT2D eigenvalue weighted by Crippen LogP contribution is -2.31. The highest BCUT2D eigenvalue weighted by molar-refractivity contribution is 6.30. The molecule has 0 amide bonds. The van der Waals surface area contributed by atoms with Gasteiger partial charge in [0.1, 0.15) is 12.4 Å². The zero-order valence-corrected chi connectivity index (χ0v) is 15.2. The van der Waals surface area contributed by atoms with Crippen molar-refractivity contribution in [2.75, 3.05) is 20.1 Å². The first-order chi connectivity index (χ1) is 12.1. The van der Waals surface area contributed by atoms with Crippen LogP contribution in [0.3, 0.4) is 0 Å². The van der Waals surface area contributed by atoms with Gasteiger partial charge in [-0.3, -0.25) is 10.2 Å². The van der Waals surface area contributed by atoms with E-state index < -0.39 is 0 Å². The van der Waals surface area contributed by atoms with E-state index in [-0.39, 0.29) is 6.54 Å². The van der Waals surface area contributed by atoms with Crippen molar-refractivity contribution in [1.29, 1.82) is 0 Å². The first kappa shape index (κ1) is 19.1. The maximum Gasteiger partial charge on any atom is 0.145 e. The van der Waals surface area contributed by atoms with Crippen molar-refractivity contribution >= 4 is 23.1 Å². The number of fused-ring (bicyclic) bond motifs is 1. The van der Waals surface area contributed by atoms with Crippen molar-refractivity contribution < 1.29 is 5.21 Å². The lowest BCUT2D eigenvalue weighted by molar-refractivity contribution is -0.0119. The Hall–Kier alpha value is -2.21. The minimum absolute atomic E-state index is 0.229. The van der Waals surface area contributed by atoms with Crippen LogP contribution in [0.25, 0.3) is 5.70 Å². The quantitative estimate of drug-likeness (QED) is 0.864. The van der Waals surface area contributed by atoms with Crippen molar-refractivity contribution in [2.24, 2.45) is 15.7 Å². The maximum atomic E-state index is 10.5. The summed E-state index contributed by atoms with van der Waals surface area (Å²) in [5, 5.41) is 13.8. The topological polar surface area (TPSA) is 74.2 Å². The van der Waals surface area contributed by atoms with Crippen LogP contribution in [-0.4, -0.2) is 36.2 Å². The van der Waals surface area contributed by atoms with E-state index in [1.165, 1.54) is 5.06 Å². The molecular formula is C19H23ClN4O. The minimum atomic E-state index is 0.229. The van der Waals surface area contributed by atoms with Crippen LogP contribution in [0.4, 0.5) is 0 Å². The van der Waals surface area contributed by atoms with Gasteiger partial charge in [0.2, 0.25) is 0 Å². The van der Waals surface area contributed by atoms with Crippen molar-refractivity contribution in [3.63, 3.8) is 0 Å². The van der Waals surface area contributed by atoms with Gasteiger partial charge in [-0.05, 0) is 31.2 Å². The highest BCUT2D eigenvalue weighted by atomic mass is 35.5. The zero-order valence-electron chi connectivity index (χ0n) is 14.5. The Kier molecular flexibility index (Phi) is 7.13. The molecule has 0 saturated carbocycles. The van der Waals surface area contributed by atoms with Crippen LogP contribution in [0, 0.1) is 0 Å². The second kappa shape index (κ2) is 9.32. The molecule has 0 bridgehead atoms. The smallest absolute Gasteiger partial charge is 0.145 e. The van der Waals surface area contributed by atoms with Gasteiger partial charge in [-0.25, -0.2) is 10.1 Å². The largest absolute Gasteiger partial charge is 0.330 e. The number of nitrogens with two attached hydrogens (primary N) is 1. The highest BCUT2D eigenvalue weighted by Crippen LogP contribution is 2.15. The molecule has 25 heavy (non-hydrogen) atoms. The molecule has 1 aliphatic heterocycles. The van der Waals surface area contributed by atoms with Crippen LogP contribution in [0.5, 0.6) is 0 Å². The van der Waals surface area contributed by atoms with Crippen molar-refractivity contribution in [3.8, 4) is 0 Å². The number of halogens is 1. The first-order valence-electron chi connectivity index (χ1n) is 8.16. The van der Waals surface area contributed by atoms with Gasteiger partial charge in [0.15, 0.2) is 0 Å². The van der Waals surface area contributed by atoms with Gasteiger partial charge in [-0.15, -0.1) is 0 Å². The molecule has 0 fully saturated rings. The molecular weight excluding hydrogens is 336 g/mol. The SMILES string of the molecule is C/N=C1/CN(O)C(c2ccccc2)=c2cc(Cl)ccc2=N1.CCCN. The number of hydrogen-bond donors (Lipinski definition) is 2. The maximum absolute atomic E-state index is 10.5. The lowest BCUT2D eigenvalue weighted by Gasteiger charge is -2.19. The van der Waals surface area contributed by atoms with Crippen LogP contribution in [0.2, 0.25) is 5.02 Å². The number of rotatable bonds is 2. The van der Waals surface area contributed by atoms with E-state index >= 15 is 0 Å². The van der Waals surface area contributed by atoms with E-state index in [2.05, 4.69) is 16.9 Å². The number of benzene rings is 2. The third-order valence-electron chi connectivity index (χ3n) is 3.61. The molecule has 0 saturated heterocycles. The molecule has 132 valence electrons. The number of nitrogens with zero attached hydrogens (tertiary/aromatic N) is 3. The molecule has 2 aromatic carbocycles. The van der Waals surface area contributed by atoms with Crippen LogP contribution < -0.4 is 16.3 Å². The van der Waals surface area contributed by atoms with Gasteiger partial charge >= 0.3 is 0 Å². The molecule has 1 heterocycles.